The van der Waals surface area contributed by atoms with Crippen LogP contribution in [0, 0.1) is 0 Å². The SMILES string of the molecule is CCOC(=O)C1=C(N)Oc2c(c(=O)n(C)c(=O)n2C)[C@@H]1c1ccc(Cl)cc1. The molecule has 0 unspecified atom stereocenters. The van der Waals surface area contributed by atoms with Crippen LogP contribution in [0.1, 0.15) is 24.0 Å². The van der Waals surface area contributed by atoms with E-state index in [9.17, 15) is 14.4 Å². The molecule has 0 spiro atoms. The van der Waals surface area contributed by atoms with Crippen molar-refractivity contribution in [1.82, 2.24) is 9.13 Å². The summed E-state index contributed by atoms with van der Waals surface area (Å²) < 4.78 is 12.7. The van der Waals surface area contributed by atoms with E-state index in [0.717, 1.165) is 4.57 Å². The fraction of sp³-hybridized carbons (Fsp3) is 0.278. The summed E-state index contributed by atoms with van der Waals surface area (Å²) in [6.45, 7) is 1.79. The van der Waals surface area contributed by atoms with Crippen molar-refractivity contribution in [3.05, 3.63) is 72.7 Å². The van der Waals surface area contributed by atoms with E-state index in [1.54, 1.807) is 31.2 Å². The standard InChI is InChI=1S/C18H18ClN3O5/c1-4-26-17(24)12-11(9-5-7-10(19)8-6-9)13-15(23)21(2)18(25)22(3)16(13)27-14(12)20/h5-8,11H,4,20H2,1-3H3/t11-/m1/s1. The van der Waals surface area contributed by atoms with Crippen LogP contribution in [0.25, 0.3) is 0 Å². The maximum Gasteiger partial charge on any atom is 0.340 e. The van der Waals surface area contributed by atoms with E-state index in [4.69, 9.17) is 26.8 Å². The van der Waals surface area contributed by atoms with Crippen molar-refractivity contribution in [3.63, 3.8) is 0 Å². The zero-order chi connectivity index (χ0) is 19.9. The predicted octanol–water partition coefficient (Wildman–Crippen LogP) is 0.995. The van der Waals surface area contributed by atoms with E-state index < -0.39 is 23.1 Å². The van der Waals surface area contributed by atoms with Crippen LogP contribution in [-0.4, -0.2) is 21.7 Å². The number of nitrogens with two attached hydrogens (primary N) is 1. The van der Waals surface area contributed by atoms with E-state index in [1.807, 2.05) is 0 Å². The van der Waals surface area contributed by atoms with Crippen molar-refractivity contribution in [1.29, 1.82) is 0 Å². The Balaban J connectivity index is 2.37. The number of halogens is 1. The number of rotatable bonds is 3. The van der Waals surface area contributed by atoms with Crippen molar-refractivity contribution in [2.45, 2.75) is 12.8 Å². The number of fused-ring (bicyclic) bond motifs is 1. The van der Waals surface area contributed by atoms with Gasteiger partial charge < -0.3 is 15.2 Å². The molecule has 0 saturated heterocycles. The molecule has 0 saturated carbocycles. The van der Waals surface area contributed by atoms with Crippen LogP contribution < -0.4 is 21.7 Å². The lowest BCUT2D eigenvalue weighted by Gasteiger charge is -2.29. The molecule has 2 N–H and O–H groups in total. The van der Waals surface area contributed by atoms with Gasteiger partial charge in [-0.3, -0.25) is 13.9 Å². The molecule has 2 aromatic rings. The Morgan fingerprint density at radius 3 is 2.44 bits per heavy atom. The fourth-order valence-corrected chi connectivity index (χ4v) is 3.21. The zero-order valence-electron chi connectivity index (χ0n) is 15.0. The van der Waals surface area contributed by atoms with Crippen LogP contribution in [-0.2, 0) is 23.6 Å². The number of carbonyl (C=O) groups is 1. The van der Waals surface area contributed by atoms with E-state index in [-0.39, 0.29) is 29.5 Å². The van der Waals surface area contributed by atoms with Gasteiger partial charge in [0.2, 0.25) is 11.8 Å². The van der Waals surface area contributed by atoms with Gasteiger partial charge in [-0.1, -0.05) is 23.7 Å². The third-order valence-electron chi connectivity index (χ3n) is 4.39. The second-order valence-electron chi connectivity index (χ2n) is 6.01. The average molecular weight is 392 g/mol. The largest absolute Gasteiger partial charge is 0.462 e. The number of esters is 1. The molecule has 0 amide bonds. The van der Waals surface area contributed by atoms with Crippen molar-refractivity contribution in [3.8, 4) is 5.88 Å². The highest BCUT2D eigenvalue weighted by atomic mass is 35.5. The number of ether oxygens (including phenoxy) is 2. The van der Waals surface area contributed by atoms with Crippen molar-refractivity contribution < 1.29 is 14.3 Å². The fourth-order valence-electron chi connectivity index (χ4n) is 3.08. The minimum atomic E-state index is -0.865. The van der Waals surface area contributed by atoms with Crippen LogP contribution in [0.2, 0.25) is 5.02 Å². The average Bonchev–Trinajstić information content (AvgIpc) is 2.64. The lowest BCUT2D eigenvalue weighted by Crippen LogP contribution is -2.43. The molecule has 1 aliphatic heterocycles. The second-order valence-corrected chi connectivity index (χ2v) is 6.45. The van der Waals surface area contributed by atoms with Gasteiger partial charge in [-0.25, -0.2) is 9.59 Å². The van der Waals surface area contributed by atoms with Crippen LogP contribution in [0.5, 0.6) is 5.88 Å². The van der Waals surface area contributed by atoms with Crippen molar-refractivity contribution in [2.24, 2.45) is 19.8 Å². The monoisotopic (exact) mass is 391 g/mol. The number of nitrogens with zero attached hydrogens (tertiary/aromatic N) is 2. The third kappa shape index (κ3) is 3.02. The Labute approximate surface area is 159 Å². The van der Waals surface area contributed by atoms with Crippen molar-refractivity contribution >= 4 is 17.6 Å². The molecular formula is C18H18ClN3O5. The predicted molar refractivity (Wildman–Crippen MR) is 98.7 cm³/mol. The van der Waals surface area contributed by atoms with Gasteiger partial charge in [0.05, 0.1) is 18.1 Å². The Kier molecular flexibility index (Phi) is 4.84. The summed E-state index contributed by atoms with van der Waals surface area (Å²) in [5.41, 5.74) is 5.56. The van der Waals surface area contributed by atoms with Gasteiger partial charge in [-0.2, -0.15) is 0 Å². The number of benzene rings is 1. The highest BCUT2D eigenvalue weighted by Gasteiger charge is 2.39. The summed E-state index contributed by atoms with van der Waals surface area (Å²) in [6.07, 6.45) is 0. The molecule has 0 radical (unpaired) electrons. The zero-order valence-corrected chi connectivity index (χ0v) is 15.7. The molecule has 8 nitrogen and oxygen atoms in total. The smallest absolute Gasteiger partial charge is 0.340 e. The second kappa shape index (κ2) is 6.96. The van der Waals surface area contributed by atoms with Crippen LogP contribution in [0.15, 0.2) is 45.3 Å². The van der Waals surface area contributed by atoms with Crippen LogP contribution in [0.4, 0.5) is 0 Å². The Hall–Kier alpha value is -3.00. The maximum atomic E-state index is 12.9. The van der Waals surface area contributed by atoms with E-state index in [1.165, 1.54) is 18.7 Å². The summed E-state index contributed by atoms with van der Waals surface area (Å²) in [5.74, 6) is -1.79. The molecule has 0 fully saturated rings. The first-order chi connectivity index (χ1) is 12.8. The minimum Gasteiger partial charge on any atom is -0.462 e. The molecule has 27 heavy (non-hydrogen) atoms. The van der Waals surface area contributed by atoms with Gasteiger partial charge in [0, 0.05) is 19.1 Å². The van der Waals surface area contributed by atoms with E-state index in [2.05, 4.69) is 0 Å². The lowest BCUT2D eigenvalue weighted by atomic mass is 9.84. The van der Waals surface area contributed by atoms with E-state index in [0.29, 0.717) is 10.6 Å². The lowest BCUT2D eigenvalue weighted by molar-refractivity contribution is -0.139. The van der Waals surface area contributed by atoms with Gasteiger partial charge in [0.15, 0.2) is 0 Å². The minimum absolute atomic E-state index is 0.00224. The third-order valence-corrected chi connectivity index (χ3v) is 4.64. The highest BCUT2D eigenvalue weighted by molar-refractivity contribution is 6.30. The highest BCUT2D eigenvalue weighted by Crippen LogP contribution is 2.40. The molecule has 3 rings (SSSR count). The van der Waals surface area contributed by atoms with Gasteiger partial charge in [-0.05, 0) is 24.6 Å². The summed E-state index contributed by atoms with van der Waals surface area (Å²) in [4.78, 5) is 37.7. The van der Waals surface area contributed by atoms with E-state index >= 15 is 0 Å². The first kappa shape index (κ1) is 18.8. The maximum absolute atomic E-state index is 12.9. The molecule has 2 heterocycles. The number of hydrogen-bond acceptors (Lipinski definition) is 6. The van der Waals surface area contributed by atoms with Gasteiger partial charge in [0.1, 0.15) is 5.57 Å². The molecule has 1 aromatic carbocycles. The molecule has 1 atom stereocenters. The first-order valence-electron chi connectivity index (χ1n) is 8.17. The summed E-state index contributed by atoms with van der Waals surface area (Å²) >= 11 is 5.97. The molecule has 0 bridgehead atoms. The Morgan fingerprint density at radius 1 is 1.22 bits per heavy atom. The summed E-state index contributed by atoms with van der Waals surface area (Å²) in [5, 5.41) is 0.494. The Morgan fingerprint density at radius 2 is 1.85 bits per heavy atom. The molecule has 142 valence electrons. The van der Waals surface area contributed by atoms with Gasteiger partial charge in [0.25, 0.3) is 5.56 Å². The van der Waals surface area contributed by atoms with Crippen LogP contribution >= 0.6 is 11.6 Å². The first-order valence-corrected chi connectivity index (χ1v) is 8.55. The van der Waals surface area contributed by atoms with Gasteiger partial charge >= 0.3 is 11.7 Å². The molecular weight excluding hydrogens is 374 g/mol. The normalized spacial score (nSPS) is 15.9. The topological polar surface area (TPSA) is 106 Å². The van der Waals surface area contributed by atoms with Gasteiger partial charge in [-0.15, -0.1) is 0 Å². The molecule has 1 aliphatic rings. The number of aromatic nitrogens is 2. The summed E-state index contributed by atoms with van der Waals surface area (Å²) in [6, 6.07) is 6.63. The Bertz CT molecular complexity index is 1070. The van der Waals surface area contributed by atoms with Crippen molar-refractivity contribution in [2.75, 3.05) is 6.61 Å². The molecule has 0 aliphatic carbocycles. The van der Waals surface area contributed by atoms with Crippen LogP contribution in [0.3, 0.4) is 0 Å². The summed E-state index contributed by atoms with van der Waals surface area (Å²) in [7, 11) is 2.82. The number of carbonyl (C=O) groups excluding carboxylic acids is 1. The molecule has 9 heteroatoms. The molecule has 1 aromatic heterocycles. The number of hydrogen-bond donors (Lipinski definition) is 1. The quantitative estimate of drug-likeness (QED) is 0.782.